The van der Waals surface area contributed by atoms with Gasteiger partial charge < -0.3 is 15.3 Å². The van der Waals surface area contributed by atoms with Gasteiger partial charge in [-0.15, -0.1) is 0 Å². The summed E-state index contributed by atoms with van der Waals surface area (Å²) in [4.78, 5) is 25.4. The maximum atomic E-state index is 12.0. The second kappa shape index (κ2) is 7.51. The van der Waals surface area contributed by atoms with Gasteiger partial charge >= 0.3 is 5.97 Å². The number of benzene rings is 1. The molecule has 2 aromatic rings. The average molecular weight is 354 g/mol. The number of aryl methyl sites for hydroxylation is 2. The summed E-state index contributed by atoms with van der Waals surface area (Å²) in [6, 6.07) is 8.78. The fourth-order valence-electron chi connectivity index (χ4n) is 2.48. The quantitative estimate of drug-likeness (QED) is 0.370. The number of oxime groups is 1. The van der Waals surface area contributed by atoms with Crippen LogP contribution in [-0.4, -0.2) is 21.8 Å². The van der Waals surface area contributed by atoms with Crippen molar-refractivity contribution in [2.45, 2.75) is 39.7 Å². The molecule has 0 saturated heterocycles. The molecule has 0 amide bonds. The molecule has 136 valence electrons. The average Bonchev–Trinajstić information content (AvgIpc) is 3.43. The number of carbonyl (C=O) groups is 1. The molecule has 26 heavy (non-hydrogen) atoms. The second-order valence-corrected chi connectivity index (χ2v) is 6.45. The molecule has 3 rings (SSSR count). The van der Waals surface area contributed by atoms with E-state index in [-0.39, 0.29) is 12.0 Å². The third kappa shape index (κ3) is 4.56. The predicted octanol–water partition coefficient (Wildman–Crippen LogP) is 3.07. The molecular formula is C19H22N4O3. The van der Waals surface area contributed by atoms with Crippen molar-refractivity contribution in [3.8, 4) is 5.88 Å². The first kappa shape index (κ1) is 17.8. The van der Waals surface area contributed by atoms with Gasteiger partial charge in [0.15, 0.2) is 0 Å². The molecule has 1 fully saturated rings. The number of ether oxygens (including phenoxy) is 1. The molecular weight excluding hydrogens is 332 g/mol. The monoisotopic (exact) mass is 354 g/mol. The fraction of sp³-hybridized carbons (Fsp3) is 0.368. The van der Waals surface area contributed by atoms with Gasteiger partial charge in [-0.05, 0) is 51.3 Å². The van der Waals surface area contributed by atoms with E-state index in [0.29, 0.717) is 23.1 Å². The van der Waals surface area contributed by atoms with Gasteiger partial charge in [-0.2, -0.15) is 4.98 Å². The van der Waals surface area contributed by atoms with E-state index >= 15 is 0 Å². The van der Waals surface area contributed by atoms with Crippen molar-refractivity contribution in [1.29, 1.82) is 0 Å². The lowest BCUT2D eigenvalue weighted by Gasteiger charge is -2.15. The van der Waals surface area contributed by atoms with Crippen molar-refractivity contribution < 1.29 is 14.4 Å². The zero-order valence-electron chi connectivity index (χ0n) is 15.1. The highest BCUT2D eigenvalue weighted by Crippen LogP contribution is 2.28. The molecule has 0 bridgehead atoms. The number of rotatable bonds is 6. The Kier molecular flexibility index (Phi) is 5.16. The van der Waals surface area contributed by atoms with Crippen molar-refractivity contribution in [3.05, 3.63) is 53.0 Å². The molecule has 0 aliphatic heterocycles. The summed E-state index contributed by atoms with van der Waals surface area (Å²) in [6.45, 7) is 5.63. The van der Waals surface area contributed by atoms with E-state index in [4.69, 9.17) is 15.3 Å². The Morgan fingerprint density at radius 3 is 2.54 bits per heavy atom. The van der Waals surface area contributed by atoms with Crippen molar-refractivity contribution in [1.82, 2.24) is 9.97 Å². The van der Waals surface area contributed by atoms with E-state index < -0.39 is 5.97 Å². The van der Waals surface area contributed by atoms with E-state index in [1.165, 1.54) is 0 Å². The van der Waals surface area contributed by atoms with Crippen LogP contribution in [0, 0.1) is 19.8 Å². The Morgan fingerprint density at radius 2 is 1.92 bits per heavy atom. The molecule has 1 aromatic heterocycles. The Morgan fingerprint density at radius 1 is 1.23 bits per heavy atom. The Labute approximate surface area is 152 Å². The summed E-state index contributed by atoms with van der Waals surface area (Å²) < 4.78 is 5.87. The SMILES string of the molecule is Cc1cc(O[C@@H](C)c2ccc(C(=O)O/N=C(\N)C3CC3)cc2)nc(C)n1. The van der Waals surface area contributed by atoms with Crippen LogP contribution < -0.4 is 10.5 Å². The molecule has 2 N–H and O–H groups in total. The van der Waals surface area contributed by atoms with Crippen LogP contribution in [-0.2, 0) is 4.84 Å². The maximum Gasteiger partial charge on any atom is 0.365 e. The smallest absolute Gasteiger partial charge is 0.365 e. The lowest BCUT2D eigenvalue weighted by Crippen LogP contribution is -2.15. The lowest BCUT2D eigenvalue weighted by atomic mass is 10.1. The largest absolute Gasteiger partial charge is 0.470 e. The highest BCUT2D eigenvalue weighted by atomic mass is 16.7. The third-order valence-corrected chi connectivity index (χ3v) is 4.09. The summed E-state index contributed by atoms with van der Waals surface area (Å²) in [5.41, 5.74) is 7.88. The minimum Gasteiger partial charge on any atom is -0.470 e. The molecule has 1 saturated carbocycles. The molecule has 1 heterocycles. The van der Waals surface area contributed by atoms with Crippen LogP contribution >= 0.6 is 0 Å². The molecule has 0 radical (unpaired) electrons. The first-order valence-electron chi connectivity index (χ1n) is 8.56. The van der Waals surface area contributed by atoms with Gasteiger partial charge in [0.1, 0.15) is 17.8 Å². The standard InChI is InChI=1S/C19H22N4O3/c1-11-10-17(22-13(3)21-11)25-12(2)14-4-8-16(9-5-14)19(24)26-23-18(20)15-6-7-15/h4-5,8-10,12,15H,6-7H2,1-3H3,(H2,20,23)/t12-/m0/s1. The number of hydrogen-bond donors (Lipinski definition) is 1. The Balaban J connectivity index is 1.62. The highest BCUT2D eigenvalue weighted by molar-refractivity contribution is 5.91. The summed E-state index contributed by atoms with van der Waals surface area (Å²) >= 11 is 0. The van der Waals surface area contributed by atoms with Gasteiger partial charge in [-0.1, -0.05) is 17.3 Å². The van der Waals surface area contributed by atoms with Crippen molar-refractivity contribution in [3.63, 3.8) is 0 Å². The van der Waals surface area contributed by atoms with Gasteiger partial charge in [0.2, 0.25) is 5.88 Å². The normalized spacial score (nSPS) is 15.4. The highest BCUT2D eigenvalue weighted by Gasteiger charge is 2.26. The molecule has 7 nitrogen and oxygen atoms in total. The molecule has 1 atom stereocenters. The zero-order chi connectivity index (χ0) is 18.7. The van der Waals surface area contributed by atoms with Crippen LogP contribution in [0.4, 0.5) is 0 Å². The fourth-order valence-corrected chi connectivity index (χ4v) is 2.48. The van der Waals surface area contributed by atoms with Gasteiger partial charge in [0, 0.05) is 17.7 Å². The zero-order valence-corrected chi connectivity index (χ0v) is 15.1. The van der Waals surface area contributed by atoms with Crippen LogP contribution in [0.2, 0.25) is 0 Å². The molecule has 1 aliphatic carbocycles. The van der Waals surface area contributed by atoms with E-state index in [1.54, 1.807) is 18.2 Å². The van der Waals surface area contributed by atoms with E-state index in [9.17, 15) is 4.79 Å². The van der Waals surface area contributed by atoms with Crippen LogP contribution in [0.15, 0.2) is 35.5 Å². The first-order valence-corrected chi connectivity index (χ1v) is 8.56. The molecule has 1 aromatic carbocycles. The van der Waals surface area contributed by atoms with E-state index in [0.717, 1.165) is 24.1 Å². The van der Waals surface area contributed by atoms with Crippen LogP contribution in [0.5, 0.6) is 5.88 Å². The number of carbonyl (C=O) groups excluding carboxylic acids is 1. The first-order chi connectivity index (χ1) is 12.4. The van der Waals surface area contributed by atoms with Crippen LogP contribution in [0.25, 0.3) is 0 Å². The Hall–Kier alpha value is -2.96. The summed E-state index contributed by atoms with van der Waals surface area (Å²) in [7, 11) is 0. The van der Waals surface area contributed by atoms with E-state index in [2.05, 4.69) is 15.1 Å². The summed E-state index contributed by atoms with van der Waals surface area (Å²) in [6.07, 6.45) is 1.78. The topological polar surface area (TPSA) is 99.7 Å². The van der Waals surface area contributed by atoms with Crippen LogP contribution in [0.3, 0.4) is 0 Å². The van der Waals surface area contributed by atoms with Crippen LogP contribution in [0.1, 0.15) is 53.3 Å². The second-order valence-electron chi connectivity index (χ2n) is 6.45. The molecule has 7 heteroatoms. The van der Waals surface area contributed by atoms with E-state index in [1.807, 2.05) is 32.9 Å². The number of amidine groups is 1. The molecule has 1 aliphatic rings. The van der Waals surface area contributed by atoms with Gasteiger partial charge in [-0.3, -0.25) is 0 Å². The van der Waals surface area contributed by atoms with Crippen molar-refractivity contribution in [2.24, 2.45) is 16.8 Å². The van der Waals surface area contributed by atoms with Gasteiger partial charge in [-0.25, -0.2) is 9.78 Å². The Bertz CT molecular complexity index is 809. The third-order valence-electron chi connectivity index (χ3n) is 4.09. The number of hydrogen-bond acceptors (Lipinski definition) is 6. The van der Waals surface area contributed by atoms with Gasteiger partial charge in [0.25, 0.3) is 0 Å². The molecule has 0 spiro atoms. The summed E-state index contributed by atoms with van der Waals surface area (Å²) in [5.74, 6) is 1.30. The lowest BCUT2D eigenvalue weighted by molar-refractivity contribution is 0.0514. The van der Waals surface area contributed by atoms with Gasteiger partial charge in [0.05, 0.1) is 5.56 Å². The number of nitrogens with two attached hydrogens (primary N) is 1. The van der Waals surface area contributed by atoms with Crippen molar-refractivity contribution >= 4 is 11.8 Å². The number of aromatic nitrogens is 2. The minimum absolute atomic E-state index is 0.225. The van der Waals surface area contributed by atoms with Crippen molar-refractivity contribution in [2.75, 3.05) is 0 Å². The predicted molar refractivity (Wildman–Crippen MR) is 96.8 cm³/mol. The summed E-state index contributed by atoms with van der Waals surface area (Å²) in [5, 5.41) is 3.70. The molecule has 0 unspecified atom stereocenters. The minimum atomic E-state index is -0.532. The maximum absolute atomic E-state index is 12.0. The number of nitrogens with zero attached hydrogens (tertiary/aromatic N) is 3.